The van der Waals surface area contributed by atoms with E-state index < -0.39 is 18.6 Å². The lowest BCUT2D eigenvalue weighted by atomic mass is 9.88. The largest absolute Gasteiger partial charge is 0.480 e. The number of hydrogen-bond acceptors (Lipinski definition) is 9. The molecule has 3 heterocycles. The predicted molar refractivity (Wildman–Crippen MR) is 128 cm³/mol. The zero-order chi connectivity index (χ0) is 26.5. The summed E-state index contributed by atoms with van der Waals surface area (Å²) in [6, 6.07) is 7.16. The normalized spacial score (nSPS) is 12.2. The number of carboxylic acids is 1. The van der Waals surface area contributed by atoms with Crippen LogP contribution in [0.3, 0.4) is 0 Å². The number of halogens is 1. The summed E-state index contributed by atoms with van der Waals surface area (Å²) in [5.74, 6) is -0.120. The monoisotopic (exact) mass is 500 g/mol. The number of nitrogens with zero attached hydrogens (tertiary/aromatic N) is 7. The Hall–Kier alpha value is -3.97. The lowest BCUT2D eigenvalue weighted by molar-refractivity contribution is -0.139. The first-order chi connectivity index (χ1) is 17.1. The summed E-state index contributed by atoms with van der Waals surface area (Å²) in [7, 11) is 0. The highest BCUT2D eigenvalue weighted by Gasteiger charge is 2.24. The van der Waals surface area contributed by atoms with Crippen molar-refractivity contribution in [2.45, 2.75) is 52.3 Å². The Morgan fingerprint density at radius 2 is 1.97 bits per heavy atom. The minimum atomic E-state index is -1.18. The summed E-state index contributed by atoms with van der Waals surface area (Å²) >= 11 is 0. The second-order valence-electron chi connectivity index (χ2n) is 8.79. The van der Waals surface area contributed by atoms with Crippen LogP contribution in [0, 0.1) is 5.82 Å². The number of rotatable bonds is 7. The molecule has 0 aliphatic rings. The van der Waals surface area contributed by atoms with E-state index in [0.29, 0.717) is 35.3 Å². The highest BCUT2D eigenvalue weighted by molar-refractivity contribution is 5.73. The number of carboxylic acid groups (broad SMARTS) is 1. The van der Waals surface area contributed by atoms with Crippen LogP contribution in [0.1, 0.15) is 39.1 Å². The number of nitrogens with two attached hydrogens (primary N) is 1. The number of aromatic nitrogens is 7. The fourth-order valence-electron chi connectivity index (χ4n) is 3.15. The number of aliphatic hydroxyl groups is 1. The van der Waals surface area contributed by atoms with Crippen LogP contribution in [0.25, 0.3) is 17.0 Å². The van der Waals surface area contributed by atoms with E-state index in [1.165, 1.54) is 16.9 Å². The molecule has 0 aliphatic heterocycles. The Kier molecular flexibility index (Phi) is 8.27. The molecule has 1 aromatic carbocycles. The van der Waals surface area contributed by atoms with Crippen LogP contribution in [-0.2, 0) is 23.4 Å². The molecule has 1 atom stereocenters. The molecule has 0 aliphatic carbocycles. The third-order valence-electron chi connectivity index (χ3n) is 5.13. The van der Waals surface area contributed by atoms with Crippen LogP contribution >= 0.6 is 0 Å². The first-order valence-electron chi connectivity index (χ1n) is 11.2. The second-order valence-corrected chi connectivity index (χ2v) is 8.79. The van der Waals surface area contributed by atoms with Crippen molar-refractivity contribution < 1.29 is 24.1 Å². The van der Waals surface area contributed by atoms with Crippen molar-refractivity contribution in [3.63, 3.8) is 0 Å². The maximum atomic E-state index is 14.3. The van der Waals surface area contributed by atoms with Gasteiger partial charge in [0.15, 0.2) is 17.3 Å². The van der Waals surface area contributed by atoms with Gasteiger partial charge in [0.25, 0.3) is 0 Å². The highest BCUT2D eigenvalue weighted by atomic mass is 19.1. The molecule has 4 aromatic rings. The van der Waals surface area contributed by atoms with E-state index in [0.717, 1.165) is 5.56 Å². The fourth-order valence-corrected chi connectivity index (χ4v) is 3.15. The molecule has 12 nitrogen and oxygen atoms in total. The molecule has 0 fully saturated rings. The van der Waals surface area contributed by atoms with Gasteiger partial charge in [0.1, 0.15) is 24.8 Å². The minimum absolute atomic E-state index is 0.215. The SMILES string of the molecule is CCn1ncnc1COc1nn2c(-c3ccccc3F)nnc2cc1C(C)(C)C.N[C@H](CO)C(=O)O. The van der Waals surface area contributed by atoms with Crippen LogP contribution in [0.2, 0.25) is 0 Å². The minimum Gasteiger partial charge on any atom is -0.480 e. The van der Waals surface area contributed by atoms with Crippen molar-refractivity contribution in [1.29, 1.82) is 0 Å². The van der Waals surface area contributed by atoms with Gasteiger partial charge in [0.05, 0.1) is 12.2 Å². The van der Waals surface area contributed by atoms with Crippen molar-refractivity contribution in [2.75, 3.05) is 6.61 Å². The maximum absolute atomic E-state index is 14.3. The Balaban J connectivity index is 0.000000454. The number of aliphatic carboxylic acids is 1. The van der Waals surface area contributed by atoms with Crippen LogP contribution in [0.5, 0.6) is 5.88 Å². The lowest BCUT2D eigenvalue weighted by Crippen LogP contribution is -2.33. The standard InChI is InChI=1S/C20H22FN7O.C3H7NO3/c1-5-27-17(22-12-23-27)11-29-19-14(20(2,3)4)10-16-24-25-18(28(16)26-19)13-8-6-7-9-15(13)21;4-2(1-5)3(6)7/h6-10,12H,5,11H2,1-4H3;2,5H,1,4H2,(H,6,7)/t;2-/m.1/s1. The number of fused-ring (bicyclic) bond motifs is 1. The van der Waals surface area contributed by atoms with E-state index in [4.69, 9.17) is 20.7 Å². The molecule has 192 valence electrons. The molecule has 4 N–H and O–H groups in total. The van der Waals surface area contributed by atoms with Gasteiger partial charge in [-0.2, -0.15) is 9.61 Å². The summed E-state index contributed by atoms with van der Waals surface area (Å²) in [4.78, 5) is 13.9. The van der Waals surface area contributed by atoms with E-state index in [1.54, 1.807) is 22.9 Å². The summed E-state index contributed by atoms with van der Waals surface area (Å²) in [6.45, 7) is 8.59. The van der Waals surface area contributed by atoms with Gasteiger partial charge in [0, 0.05) is 12.1 Å². The van der Waals surface area contributed by atoms with Crippen molar-refractivity contribution in [2.24, 2.45) is 5.73 Å². The number of benzene rings is 1. The first-order valence-corrected chi connectivity index (χ1v) is 11.2. The molecular formula is C23H29FN8O4. The van der Waals surface area contributed by atoms with E-state index in [2.05, 4.69) is 46.1 Å². The zero-order valence-corrected chi connectivity index (χ0v) is 20.5. The Labute approximate surface area is 206 Å². The molecule has 0 bridgehead atoms. The molecule has 36 heavy (non-hydrogen) atoms. The third-order valence-corrected chi connectivity index (χ3v) is 5.13. The number of hydrogen-bond donors (Lipinski definition) is 3. The van der Waals surface area contributed by atoms with E-state index in [-0.39, 0.29) is 17.8 Å². The van der Waals surface area contributed by atoms with Crippen LogP contribution in [0.15, 0.2) is 36.7 Å². The van der Waals surface area contributed by atoms with Crippen molar-refractivity contribution in [1.82, 2.24) is 34.6 Å². The highest BCUT2D eigenvalue weighted by Crippen LogP contribution is 2.32. The zero-order valence-electron chi connectivity index (χ0n) is 20.5. The van der Waals surface area contributed by atoms with E-state index in [1.807, 2.05) is 13.0 Å². The predicted octanol–water partition coefficient (Wildman–Crippen LogP) is 1.81. The summed E-state index contributed by atoms with van der Waals surface area (Å²) in [5.41, 5.74) is 6.25. The fraction of sp³-hybridized carbons (Fsp3) is 0.391. The topological polar surface area (TPSA) is 167 Å². The van der Waals surface area contributed by atoms with Crippen molar-refractivity contribution in [3.8, 4) is 17.3 Å². The van der Waals surface area contributed by atoms with Gasteiger partial charge in [0.2, 0.25) is 5.88 Å². The van der Waals surface area contributed by atoms with Gasteiger partial charge < -0.3 is 20.7 Å². The summed E-state index contributed by atoms with van der Waals surface area (Å²) in [5, 5.41) is 33.0. The molecule has 0 spiro atoms. The third kappa shape index (κ3) is 5.98. The van der Waals surface area contributed by atoms with Crippen LogP contribution in [0.4, 0.5) is 4.39 Å². The lowest BCUT2D eigenvalue weighted by Gasteiger charge is -2.21. The average Bonchev–Trinajstić information content (AvgIpc) is 3.48. The van der Waals surface area contributed by atoms with Gasteiger partial charge in [-0.1, -0.05) is 32.9 Å². The van der Waals surface area contributed by atoms with E-state index >= 15 is 0 Å². The number of aryl methyl sites for hydroxylation is 1. The van der Waals surface area contributed by atoms with Gasteiger partial charge in [-0.3, -0.25) is 4.79 Å². The van der Waals surface area contributed by atoms with E-state index in [9.17, 15) is 9.18 Å². The molecular weight excluding hydrogens is 471 g/mol. The number of aliphatic hydroxyl groups excluding tert-OH is 1. The van der Waals surface area contributed by atoms with Crippen molar-refractivity contribution >= 4 is 11.6 Å². The molecule has 0 amide bonds. The quantitative estimate of drug-likeness (QED) is 0.340. The van der Waals surface area contributed by atoms with Gasteiger partial charge in [-0.15, -0.1) is 15.3 Å². The molecule has 0 saturated carbocycles. The molecule has 0 unspecified atom stereocenters. The molecule has 0 radical (unpaired) electrons. The molecule has 3 aromatic heterocycles. The van der Waals surface area contributed by atoms with Gasteiger partial charge in [-0.25, -0.2) is 14.1 Å². The Morgan fingerprint density at radius 1 is 1.25 bits per heavy atom. The summed E-state index contributed by atoms with van der Waals surface area (Å²) in [6.07, 6.45) is 1.50. The smallest absolute Gasteiger partial charge is 0.322 e. The molecule has 13 heteroatoms. The Bertz CT molecular complexity index is 1330. The molecule has 4 rings (SSSR count). The number of ether oxygens (including phenoxy) is 1. The molecule has 0 saturated heterocycles. The average molecular weight is 501 g/mol. The second kappa shape index (κ2) is 11.2. The maximum Gasteiger partial charge on any atom is 0.322 e. The van der Waals surface area contributed by atoms with Crippen LogP contribution < -0.4 is 10.5 Å². The first kappa shape index (κ1) is 26.6. The van der Waals surface area contributed by atoms with Gasteiger partial charge in [-0.05, 0) is 30.5 Å². The Morgan fingerprint density at radius 3 is 2.56 bits per heavy atom. The van der Waals surface area contributed by atoms with Gasteiger partial charge >= 0.3 is 5.97 Å². The van der Waals surface area contributed by atoms with Crippen LogP contribution in [-0.4, -0.2) is 63.4 Å². The van der Waals surface area contributed by atoms with Crippen molar-refractivity contribution in [3.05, 3.63) is 53.9 Å². The number of carbonyl (C=O) groups is 1. The summed E-state index contributed by atoms with van der Waals surface area (Å²) < 4.78 is 23.6.